The molecule has 2 aromatic carbocycles. The van der Waals surface area contributed by atoms with Gasteiger partial charge in [0.15, 0.2) is 0 Å². The van der Waals surface area contributed by atoms with Crippen LogP contribution < -0.4 is 0 Å². The largest absolute Gasteiger partial charge is 0.508 e. The highest BCUT2D eigenvalue weighted by molar-refractivity contribution is 5.83. The van der Waals surface area contributed by atoms with E-state index in [-0.39, 0.29) is 0 Å². The summed E-state index contributed by atoms with van der Waals surface area (Å²) in [6, 6.07) is 9.29. The highest BCUT2D eigenvalue weighted by Gasteiger charge is 2.11. The molecule has 0 saturated heterocycles. The summed E-state index contributed by atoms with van der Waals surface area (Å²) in [5.74, 6) is 0.306. The molecule has 92 valence electrons. The summed E-state index contributed by atoms with van der Waals surface area (Å²) < 4.78 is 0. The summed E-state index contributed by atoms with van der Waals surface area (Å²) in [4.78, 5) is 11.0. The lowest BCUT2D eigenvalue weighted by atomic mass is 9.92. The number of aromatic hydroxyl groups is 1. The lowest BCUT2D eigenvalue weighted by Crippen LogP contribution is -1.94. The Morgan fingerprint density at radius 2 is 1.56 bits per heavy atom. The molecule has 0 aliphatic carbocycles. The van der Waals surface area contributed by atoms with E-state index in [4.69, 9.17) is 0 Å². The maximum Gasteiger partial charge on any atom is 0.150 e. The first-order chi connectivity index (χ1) is 8.56. The molecule has 0 amide bonds. The quantitative estimate of drug-likeness (QED) is 0.811. The van der Waals surface area contributed by atoms with Gasteiger partial charge in [0.1, 0.15) is 12.0 Å². The van der Waals surface area contributed by atoms with Gasteiger partial charge in [0.25, 0.3) is 0 Å². The van der Waals surface area contributed by atoms with Gasteiger partial charge in [-0.05, 0) is 54.7 Å². The minimum Gasteiger partial charge on any atom is -0.508 e. The van der Waals surface area contributed by atoms with Gasteiger partial charge in [0, 0.05) is 5.56 Å². The van der Waals surface area contributed by atoms with Crippen molar-refractivity contribution in [1.82, 2.24) is 0 Å². The fraction of sp³-hybridized carbons (Fsp3) is 0.188. The number of carbonyl (C=O) groups excluding carboxylic acids is 1. The smallest absolute Gasteiger partial charge is 0.150 e. The van der Waals surface area contributed by atoms with Crippen LogP contribution in [0.15, 0.2) is 30.3 Å². The lowest BCUT2D eigenvalue weighted by Gasteiger charge is -2.13. The van der Waals surface area contributed by atoms with Gasteiger partial charge < -0.3 is 5.11 Å². The molecule has 0 bridgehead atoms. The van der Waals surface area contributed by atoms with Crippen LogP contribution in [-0.2, 0) is 0 Å². The Bertz CT molecular complexity index is 613. The third-order valence-corrected chi connectivity index (χ3v) is 3.55. The van der Waals surface area contributed by atoms with Gasteiger partial charge in [-0.15, -0.1) is 0 Å². The fourth-order valence-electron chi connectivity index (χ4n) is 2.17. The average Bonchev–Trinajstić information content (AvgIpc) is 2.37. The van der Waals surface area contributed by atoms with Crippen LogP contribution in [0.25, 0.3) is 11.1 Å². The number of benzene rings is 2. The SMILES string of the molecule is Cc1c(C=O)cccc1-c1ccc(O)c(C)c1C. The molecule has 0 fully saturated rings. The van der Waals surface area contributed by atoms with Gasteiger partial charge in [-0.1, -0.05) is 24.3 Å². The zero-order chi connectivity index (χ0) is 13.3. The van der Waals surface area contributed by atoms with Crippen LogP contribution in [0, 0.1) is 20.8 Å². The first-order valence-corrected chi connectivity index (χ1v) is 5.90. The maximum atomic E-state index is 11.0. The third-order valence-electron chi connectivity index (χ3n) is 3.55. The van der Waals surface area contributed by atoms with Crippen molar-refractivity contribution in [3.05, 3.63) is 52.6 Å². The van der Waals surface area contributed by atoms with Gasteiger partial charge in [0.05, 0.1) is 0 Å². The Morgan fingerprint density at radius 1 is 0.889 bits per heavy atom. The Kier molecular flexibility index (Phi) is 3.19. The topological polar surface area (TPSA) is 37.3 Å². The van der Waals surface area contributed by atoms with Crippen LogP contribution in [0.5, 0.6) is 5.75 Å². The molecule has 0 aliphatic rings. The molecule has 2 heteroatoms. The predicted octanol–water partition coefficient (Wildman–Crippen LogP) is 3.80. The zero-order valence-electron chi connectivity index (χ0n) is 10.8. The molecule has 2 aromatic rings. The summed E-state index contributed by atoms with van der Waals surface area (Å²) in [7, 11) is 0. The number of rotatable bonds is 2. The first kappa shape index (κ1) is 12.4. The lowest BCUT2D eigenvalue weighted by molar-refractivity contribution is 0.112. The first-order valence-electron chi connectivity index (χ1n) is 5.90. The minimum atomic E-state index is 0.306. The van der Waals surface area contributed by atoms with Gasteiger partial charge in [-0.3, -0.25) is 4.79 Å². The van der Waals surface area contributed by atoms with Crippen LogP contribution in [0.3, 0.4) is 0 Å². The van der Waals surface area contributed by atoms with E-state index < -0.39 is 0 Å². The van der Waals surface area contributed by atoms with Gasteiger partial charge in [-0.2, -0.15) is 0 Å². The highest BCUT2D eigenvalue weighted by atomic mass is 16.3. The molecule has 0 aromatic heterocycles. The standard InChI is InChI=1S/C16H16O2/c1-10-11(2)16(18)8-7-15(10)14-6-4-5-13(9-17)12(14)3/h4-9,18H,1-3H3. The van der Waals surface area contributed by atoms with Crippen molar-refractivity contribution in [3.8, 4) is 16.9 Å². The van der Waals surface area contributed by atoms with E-state index in [1.165, 1.54) is 0 Å². The van der Waals surface area contributed by atoms with Gasteiger partial charge in [-0.25, -0.2) is 0 Å². The number of phenolic OH excluding ortho intramolecular Hbond substituents is 1. The number of carbonyl (C=O) groups is 1. The van der Waals surface area contributed by atoms with Crippen LogP contribution in [0.1, 0.15) is 27.0 Å². The van der Waals surface area contributed by atoms with Crippen LogP contribution in [0.2, 0.25) is 0 Å². The normalized spacial score (nSPS) is 10.4. The van der Waals surface area contributed by atoms with Crippen molar-refractivity contribution < 1.29 is 9.90 Å². The third kappa shape index (κ3) is 1.90. The number of hydrogen-bond donors (Lipinski definition) is 1. The molecule has 0 radical (unpaired) electrons. The summed E-state index contributed by atoms with van der Waals surface area (Å²) in [5.41, 5.74) is 5.70. The Balaban J connectivity index is 2.70. The van der Waals surface area contributed by atoms with Gasteiger partial charge >= 0.3 is 0 Å². The van der Waals surface area contributed by atoms with E-state index in [0.29, 0.717) is 11.3 Å². The van der Waals surface area contributed by atoms with E-state index >= 15 is 0 Å². The molecule has 0 saturated carbocycles. The second kappa shape index (κ2) is 4.65. The van der Waals surface area contributed by atoms with Crippen molar-refractivity contribution in [1.29, 1.82) is 0 Å². The monoisotopic (exact) mass is 240 g/mol. The molecule has 2 rings (SSSR count). The predicted molar refractivity (Wildman–Crippen MR) is 73.1 cm³/mol. The molecule has 0 spiro atoms. The Hall–Kier alpha value is -2.09. The van der Waals surface area contributed by atoms with Crippen LogP contribution in [0.4, 0.5) is 0 Å². The Labute approximate surface area is 107 Å². The molecule has 0 unspecified atom stereocenters. The van der Waals surface area contributed by atoms with Crippen molar-refractivity contribution in [2.45, 2.75) is 20.8 Å². The van der Waals surface area contributed by atoms with Crippen molar-refractivity contribution >= 4 is 6.29 Å². The molecule has 0 aliphatic heterocycles. The summed E-state index contributed by atoms with van der Waals surface area (Å²) in [6.45, 7) is 5.82. The second-order valence-electron chi connectivity index (χ2n) is 4.52. The van der Waals surface area contributed by atoms with Crippen molar-refractivity contribution in [3.63, 3.8) is 0 Å². The summed E-state index contributed by atoms with van der Waals surface area (Å²) >= 11 is 0. The number of phenols is 1. The average molecular weight is 240 g/mol. The van der Waals surface area contributed by atoms with Crippen molar-refractivity contribution in [2.24, 2.45) is 0 Å². The minimum absolute atomic E-state index is 0.306. The van der Waals surface area contributed by atoms with E-state index in [9.17, 15) is 9.90 Å². The van der Waals surface area contributed by atoms with E-state index in [0.717, 1.165) is 34.1 Å². The number of aldehydes is 1. The Morgan fingerprint density at radius 3 is 2.22 bits per heavy atom. The van der Waals surface area contributed by atoms with E-state index in [1.54, 1.807) is 6.07 Å². The summed E-state index contributed by atoms with van der Waals surface area (Å²) in [5, 5.41) is 9.69. The van der Waals surface area contributed by atoms with Crippen molar-refractivity contribution in [2.75, 3.05) is 0 Å². The van der Waals surface area contributed by atoms with E-state index in [2.05, 4.69) is 0 Å². The highest BCUT2D eigenvalue weighted by Crippen LogP contribution is 2.32. The van der Waals surface area contributed by atoms with Gasteiger partial charge in [0.2, 0.25) is 0 Å². The molecule has 18 heavy (non-hydrogen) atoms. The maximum absolute atomic E-state index is 11.0. The molecule has 0 heterocycles. The number of hydrogen-bond acceptors (Lipinski definition) is 2. The molecule has 2 nitrogen and oxygen atoms in total. The molecule has 0 atom stereocenters. The second-order valence-corrected chi connectivity index (χ2v) is 4.52. The fourth-order valence-corrected chi connectivity index (χ4v) is 2.17. The molecular weight excluding hydrogens is 224 g/mol. The van der Waals surface area contributed by atoms with Crippen LogP contribution in [-0.4, -0.2) is 11.4 Å². The molecular formula is C16H16O2. The molecule has 1 N–H and O–H groups in total. The summed E-state index contributed by atoms with van der Waals surface area (Å²) in [6.07, 6.45) is 0.876. The van der Waals surface area contributed by atoms with Crippen LogP contribution >= 0.6 is 0 Å². The van der Waals surface area contributed by atoms with E-state index in [1.807, 2.05) is 45.0 Å². The zero-order valence-corrected chi connectivity index (χ0v) is 10.8.